The minimum absolute atomic E-state index is 0.000833. The van der Waals surface area contributed by atoms with Gasteiger partial charge < -0.3 is 14.2 Å². The van der Waals surface area contributed by atoms with Crippen molar-refractivity contribution in [1.82, 2.24) is 0 Å². The molecule has 2 aliphatic rings. The summed E-state index contributed by atoms with van der Waals surface area (Å²) in [6.45, 7) is 1.14. The van der Waals surface area contributed by atoms with Gasteiger partial charge in [-0.05, 0) is 23.8 Å². The van der Waals surface area contributed by atoms with Crippen molar-refractivity contribution in [3.63, 3.8) is 0 Å². The summed E-state index contributed by atoms with van der Waals surface area (Å²) in [6, 6.07) is 17.3. The van der Waals surface area contributed by atoms with Crippen LogP contribution in [0.25, 0.3) is 0 Å². The van der Waals surface area contributed by atoms with Gasteiger partial charge in [0.05, 0.1) is 19.2 Å². The third-order valence-electron chi connectivity index (χ3n) is 3.95. The standard InChI is InChI=1S/C16H14BNO3/c19-16-14-9-5-4-8-13(14)15(17-20-10-11-21-17)18(16)12-6-2-1-3-7-12/h1-9,15H,10-11H2. The predicted molar refractivity (Wildman–Crippen MR) is 80.1 cm³/mol. The number of carbonyl (C=O) groups is 1. The molecule has 1 saturated heterocycles. The zero-order valence-electron chi connectivity index (χ0n) is 11.4. The van der Waals surface area contributed by atoms with Crippen molar-refractivity contribution in [3.8, 4) is 0 Å². The number of hydrogen-bond acceptors (Lipinski definition) is 3. The summed E-state index contributed by atoms with van der Waals surface area (Å²) in [7, 11) is -0.405. The topological polar surface area (TPSA) is 38.8 Å². The fourth-order valence-electron chi connectivity index (χ4n) is 3.04. The Morgan fingerprint density at radius 3 is 2.38 bits per heavy atom. The molecule has 1 amide bonds. The zero-order chi connectivity index (χ0) is 14.2. The van der Waals surface area contributed by atoms with Gasteiger partial charge in [-0.3, -0.25) is 4.79 Å². The highest BCUT2D eigenvalue weighted by molar-refractivity contribution is 6.50. The number of carbonyl (C=O) groups excluding carboxylic acids is 1. The molecule has 0 aromatic heterocycles. The third kappa shape index (κ3) is 1.97. The fraction of sp³-hybridized carbons (Fsp3) is 0.188. The van der Waals surface area contributed by atoms with Crippen LogP contribution in [0.1, 0.15) is 21.9 Å². The number of rotatable bonds is 2. The molecule has 0 aliphatic carbocycles. The van der Waals surface area contributed by atoms with Crippen molar-refractivity contribution in [1.29, 1.82) is 0 Å². The van der Waals surface area contributed by atoms with Crippen molar-refractivity contribution in [3.05, 3.63) is 65.7 Å². The number of benzene rings is 2. The second kappa shape index (κ2) is 5.02. The summed E-state index contributed by atoms with van der Waals surface area (Å²) in [6.07, 6.45) is 0. The van der Waals surface area contributed by atoms with Crippen molar-refractivity contribution >= 4 is 18.7 Å². The zero-order valence-corrected chi connectivity index (χ0v) is 11.4. The summed E-state index contributed by atoms with van der Waals surface area (Å²) in [5, 5.41) is 0. The maximum absolute atomic E-state index is 12.8. The van der Waals surface area contributed by atoms with Gasteiger partial charge >= 0.3 is 7.12 Å². The van der Waals surface area contributed by atoms with E-state index in [9.17, 15) is 4.79 Å². The molecule has 1 atom stereocenters. The Labute approximate surface area is 123 Å². The van der Waals surface area contributed by atoms with Gasteiger partial charge in [0.25, 0.3) is 5.91 Å². The normalized spacial score (nSPS) is 21.0. The maximum Gasteiger partial charge on any atom is 0.486 e. The number of hydrogen-bond donors (Lipinski definition) is 0. The molecular weight excluding hydrogens is 265 g/mol. The van der Waals surface area contributed by atoms with E-state index in [1.165, 1.54) is 0 Å². The Bertz CT molecular complexity index is 670. The van der Waals surface area contributed by atoms with Crippen LogP contribution in [0.3, 0.4) is 0 Å². The van der Waals surface area contributed by atoms with Gasteiger partial charge in [-0.2, -0.15) is 0 Å². The van der Waals surface area contributed by atoms with E-state index >= 15 is 0 Å². The first-order chi connectivity index (χ1) is 10.4. The van der Waals surface area contributed by atoms with Gasteiger partial charge in [-0.1, -0.05) is 36.4 Å². The summed E-state index contributed by atoms with van der Waals surface area (Å²) in [4.78, 5) is 14.6. The lowest BCUT2D eigenvalue weighted by Gasteiger charge is -2.26. The average molecular weight is 279 g/mol. The van der Waals surface area contributed by atoms with E-state index in [-0.39, 0.29) is 11.8 Å². The SMILES string of the molecule is O=C1c2ccccc2C(B2OCCO2)N1c1ccccc1. The summed E-state index contributed by atoms with van der Waals surface area (Å²) >= 11 is 0. The second-order valence-electron chi connectivity index (χ2n) is 5.15. The number of fused-ring (bicyclic) bond motifs is 1. The van der Waals surface area contributed by atoms with Crippen molar-refractivity contribution in [2.45, 2.75) is 5.94 Å². The number of amides is 1. The highest BCUT2D eigenvalue weighted by atomic mass is 16.6. The maximum atomic E-state index is 12.8. The fourth-order valence-corrected chi connectivity index (χ4v) is 3.04. The van der Waals surface area contributed by atoms with Crippen LogP contribution in [0.4, 0.5) is 5.69 Å². The van der Waals surface area contributed by atoms with Crippen molar-refractivity contribution in [2.75, 3.05) is 18.1 Å². The highest BCUT2D eigenvalue weighted by Gasteiger charge is 2.48. The van der Waals surface area contributed by atoms with E-state index in [0.29, 0.717) is 13.2 Å². The van der Waals surface area contributed by atoms with Crippen molar-refractivity contribution < 1.29 is 14.1 Å². The first-order valence-corrected chi connectivity index (χ1v) is 7.07. The lowest BCUT2D eigenvalue weighted by molar-refractivity contribution is 0.0993. The van der Waals surface area contributed by atoms with Gasteiger partial charge in [0.1, 0.15) is 0 Å². The molecule has 0 N–H and O–H groups in total. The lowest BCUT2D eigenvalue weighted by atomic mass is 9.74. The van der Waals surface area contributed by atoms with Gasteiger partial charge in [0.2, 0.25) is 0 Å². The van der Waals surface area contributed by atoms with E-state index in [2.05, 4.69) is 0 Å². The van der Waals surface area contributed by atoms with E-state index in [4.69, 9.17) is 9.31 Å². The summed E-state index contributed by atoms with van der Waals surface area (Å²) in [5.41, 5.74) is 2.56. The Morgan fingerprint density at radius 2 is 1.62 bits per heavy atom. The Hall–Kier alpha value is -2.11. The molecule has 0 spiro atoms. The van der Waals surface area contributed by atoms with Gasteiger partial charge in [-0.15, -0.1) is 0 Å². The largest absolute Gasteiger partial charge is 0.486 e. The Balaban J connectivity index is 1.83. The third-order valence-corrected chi connectivity index (χ3v) is 3.95. The second-order valence-corrected chi connectivity index (χ2v) is 5.15. The molecule has 2 heterocycles. The minimum Gasteiger partial charge on any atom is -0.407 e. The number of anilines is 1. The molecule has 5 heteroatoms. The summed E-state index contributed by atoms with van der Waals surface area (Å²) < 4.78 is 11.4. The van der Waals surface area contributed by atoms with Crippen LogP contribution in [0, 0.1) is 0 Å². The molecule has 2 aromatic carbocycles. The average Bonchev–Trinajstić information content (AvgIpc) is 3.15. The molecule has 1 unspecified atom stereocenters. The van der Waals surface area contributed by atoms with Crippen LogP contribution in [0.15, 0.2) is 54.6 Å². The minimum atomic E-state index is -0.405. The van der Waals surface area contributed by atoms with Crippen LogP contribution < -0.4 is 4.90 Å². The van der Waals surface area contributed by atoms with E-state index < -0.39 is 7.12 Å². The molecule has 2 aromatic rings. The quantitative estimate of drug-likeness (QED) is 0.793. The molecule has 21 heavy (non-hydrogen) atoms. The number of para-hydroxylation sites is 1. The Morgan fingerprint density at radius 1 is 0.952 bits per heavy atom. The van der Waals surface area contributed by atoms with Crippen LogP contribution >= 0.6 is 0 Å². The van der Waals surface area contributed by atoms with Crippen LogP contribution in [-0.4, -0.2) is 26.2 Å². The van der Waals surface area contributed by atoms with E-state index in [1.54, 1.807) is 4.90 Å². The monoisotopic (exact) mass is 279 g/mol. The molecule has 0 bridgehead atoms. The van der Waals surface area contributed by atoms with Gasteiger partial charge in [0.15, 0.2) is 0 Å². The van der Waals surface area contributed by atoms with Crippen LogP contribution in [0.2, 0.25) is 0 Å². The first kappa shape index (κ1) is 12.6. The molecule has 104 valence electrons. The molecule has 0 radical (unpaired) electrons. The van der Waals surface area contributed by atoms with E-state index in [1.807, 2.05) is 54.6 Å². The lowest BCUT2D eigenvalue weighted by Crippen LogP contribution is -2.38. The molecule has 0 saturated carbocycles. The molecule has 2 aliphatic heterocycles. The molecule has 4 nitrogen and oxygen atoms in total. The van der Waals surface area contributed by atoms with Crippen LogP contribution in [0.5, 0.6) is 0 Å². The number of nitrogens with zero attached hydrogens (tertiary/aromatic N) is 1. The van der Waals surface area contributed by atoms with Gasteiger partial charge in [-0.25, -0.2) is 0 Å². The molecule has 1 fully saturated rings. The molecule has 4 rings (SSSR count). The van der Waals surface area contributed by atoms with Gasteiger partial charge in [0, 0.05) is 11.3 Å². The Kier molecular flexibility index (Phi) is 3.02. The van der Waals surface area contributed by atoms with E-state index in [0.717, 1.165) is 16.8 Å². The predicted octanol–water partition coefficient (Wildman–Crippen LogP) is 2.46. The van der Waals surface area contributed by atoms with Crippen molar-refractivity contribution in [2.24, 2.45) is 0 Å². The summed E-state index contributed by atoms with van der Waals surface area (Å²) in [5.74, 6) is -0.223. The van der Waals surface area contributed by atoms with Crippen LogP contribution in [-0.2, 0) is 9.31 Å². The smallest absolute Gasteiger partial charge is 0.407 e. The highest BCUT2D eigenvalue weighted by Crippen LogP contribution is 2.39. The first-order valence-electron chi connectivity index (χ1n) is 7.07. The molecular formula is C16H14BNO3.